The zero-order chi connectivity index (χ0) is 9.26. The molecule has 1 aliphatic rings. The summed E-state index contributed by atoms with van der Waals surface area (Å²) in [6.07, 6.45) is 2.45. The lowest BCUT2D eigenvalue weighted by Gasteiger charge is -2.03. The van der Waals surface area contributed by atoms with Gasteiger partial charge >= 0.3 is 5.97 Å². The predicted octanol–water partition coefficient (Wildman–Crippen LogP) is 1.96. The fourth-order valence-corrected chi connectivity index (χ4v) is 1.17. The van der Waals surface area contributed by atoms with Gasteiger partial charge in [-0.2, -0.15) is 0 Å². The van der Waals surface area contributed by atoms with E-state index in [1.807, 2.05) is 12.1 Å². The van der Waals surface area contributed by atoms with Gasteiger partial charge < -0.3 is 10.4 Å². The quantitative estimate of drug-likeness (QED) is 0.742. The second kappa shape index (κ2) is 3.09. The van der Waals surface area contributed by atoms with Crippen molar-refractivity contribution in [3.63, 3.8) is 0 Å². The first-order valence-electron chi connectivity index (χ1n) is 4.35. The summed E-state index contributed by atoms with van der Waals surface area (Å²) in [5.41, 5.74) is 1.34. The Kier molecular flexibility index (Phi) is 1.93. The zero-order valence-corrected chi connectivity index (χ0v) is 7.16. The monoisotopic (exact) mass is 177 g/mol. The predicted molar refractivity (Wildman–Crippen MR) is 50.0 cm³/mol. The van der Waals surface area contributed by atoms with E-state index < -0.39 is 5.97 Å². The number of carboxylic acid groups (broad SMARTS) is 1. The SMILES string of the molecule is O=C(O)c1ccc(NC2CC2)cc1. The van der Waals surface area contributed by atoms with Crippen molar-refractivity contribution in [3.8, 4) is 0 Å². The van der Waals surface area contributed by atoms with E-state index >= 15 is 0 Å². The van der Waals surface area contributed by atoms with Crippen LogP contribution in [0.5, 0.6) is 0 Å². The van der Waals surface area contributed by atoms with E-state index in [2.05, 4.69) is 5.32 Å². The third-order valence-electron chi connectivity index (χ3n) is 2.08. The molecule has 0 bridgehead atoms. The minimum atomic E-state index is -0.877. The largest absolute Gasteiger partial charge is 0.478 e. The molecule has 0 unspecified atom stereocenters. The van der Waals surface area contributed by atoms with Crippen LogP contribution in [0.15, 0.2) is 24.3 Å². The van der Waals surface area contributed by atoms with Gasteiger partial charge in [-0.3, -0.25) is 0 Å². The van der Waals surface area contributed by atoms with Crippen molar-refractivity contribution in [1.29, 1.82) is 0 Å². The van der Waals surface area contributed by atoms with Crippen LogP contribution in [0.25, 0.3) is 0 Å². The van der Waals surface area contributed by atoms with Crippen molar-refractivity contribution in [2.24, 2.45) is 0 Å². The van der Waals surface area contributed by atoms with Gasteiger partial charge in [-0.25, -0.2) is 4.79 Å². The van der Waals surface area contributed by atoms with Gasteiger partial charge in [-0.05, 0) is 37.1 Å². The van der Waals surface area contributed by atoms with E-state index in [0.29, 0.717) is 11.6 Å². The van der Waals surface area contributed by atoms with Crippen molar-refractivity contribution in [3.05, 3.63) is 29.8 Å². The molecule has 0 saturated heterocycles. The van der Waals surface area contributed by atoms with Crippen LogP contribution >= 0.6 is 0 Å². The maximum Gasteiger partial charge on any atom is 0.335 e. The van der Waals surface area contributed by atoms with Crippen molar-refractivity contribution in [1.82, 2.24) is 0 Å². The molecule has 0 spiro atoms. The van der Waals surface area contributed by atoms with Gasteiger partial charge in [0.2, 0.25) is 0 Å². The first-order valence-corrected chi connectivity index (χ1v) is 4.35. The topological polar surface area (TPSA) is 49.3 Å². The molecule has 0 aliphatic heterocycles. The first kappa shape index (κ1) is 8.10. The molecule has 0 aromatic heterocycles. The number of anilines is 1. The lowest BCUT2D eigenvalue weighted by atomic mass is 10.2. The average molecular weight is 177 g/mol. The van der Waals surface area contributed by atoms with Crippen LogP contribution in [0.3, 0.4) is 0 Å². The summed E-state index contributed by atoms with van der Waals surface area (Å²) in [7, 11) is 0. The summed E-state index contributed by atoms with van der Waals surface area (Å²) in [4.78, 5) is 10.5. The molecular weight excluding hydrogens is 166 g/mol. The Morgan fingerprint density at radius 1 is 1.31 bits per heavy atom. The number of carbonyl (C=O) groups is 1. The van der Waals surface area contributed by atoms with Gasteiger partial charge in [0.15, 0.2) is 0 Å². The minimum Gasteiger partial charge on any atom is -0.478 e. The highest BCUT2D eigenvalue weighted by Crippen LogP contribution is 2.24. The Balaban J connectivity index is 2.08. The van der Waals surface area contributed by atoms with Crippen LogP contribution in [-0.4, -0.2) is 17.1 Å². The Hall–Kier alpha value is -1.51. The summed E-state index contributed by atoms with van der Waals surface area (Å²) in [6, 6.07) is 7.46. The molecule has 1 aromatic carbocycles. The molecule has 1 aliphatic carbocycles. The number of carboxylic acids is 1. The molecule has 13 heavy (non-hydrogen) atoms. The van der Waals surface area contributed by atoms with E-state index in [1.165, 1.54) is 12.8 Å². The maximum atomic E-state index is 10.5. The van der Waals surface area contributed by atoms with Crippen LogP contribution in [0.4, 0.5) is 5.69 Å². The van der Waals surface area contributed by atoms with Crippen LogP contribution in [0.2, 0.25) is 0 Å². The first-order chi connectivity index (χ1) is 6.25. The summed E-state index contributed by atoms with van der Waals surface area (Å²) in [5.74, 6) is -0.877. The molecule has 0 atom stereocenters. The normalized spacial score (nSPS) is 15.4. The van der Waals surface area contributed by atoms with Crippen LogP contribution < -0.4 is 5.32 Å². The Morgan fingerprint density at radius 2 is 1.92 bits per heavy atom. The maximum absolute atomic E-state index is 10.5. The van der Waals surface area contributed by atoms with Gasteiger partial charge in [0.05, 0.1) is 5.56 Å². The van der Waals surface area contributed by atoms with E-state index in [0.717, 1.165) is 5.69 Å². The van der Waals surface area contributed by atoms with E-state index in [4.69, 9.17) is 5.11 Å². The molecule has 1 fully saturated rings. The molecular formula is C10H11NO2. The summed E-state index contributed by atoms with van der Waals surface area (Å²) >= 11 is 0. The molecule has 68 valence electrons. The van der Waals surface area contributed by atoms with Crippen molar-refractivity contribution < 1.29 is 9.90 Å². The standard InChI is InChI=1S/C10H11NO2/c12-10(13)7-1-3-8(4-2-7)11-9-5-6-9/h1-4,9,11H,5-6H2,(H,12,13). The molecule has 0 amide bonds. The number of aromatic carboxylic acids is 1. The number of hydrogen-bond donors (Lipinski definition) is 2. The lowest BCUT2D eigenvalue weighted by Crippen LogP contribution is -2.01. The van der Waals surface area contributed by atoms with E-state index in [9.17, 15) is 4.79 Å². The van der Waals surface area contributed by atoms with Crippen LogP contribution in [0, 0.1) is 0 Å². The van der Waals surface area contributed by atoms with Crippen molar-refractivity contribution in [2.75, 3.05) is 5.32 Å². The van der Waals surface area contributed by atoms with Gasteiger partial charge in [-0.15, -0.1) is 0 Å². The van der Waals surface area contributed by atoms with E-state index in [-0.39, 0.29) is 0 Å². The Morgan fingerprint density at radius 3 is 2.38 bits per heavy atom. The number of rotatable bonds is 3. The number of hydrogen-bond acceptors (Lipinski definition) is 2. The van der Waals surface area contributed by atoms with Crippen LogP contribution in [-0.2, 0) is 0 Å². The molecule has 1 aromatic rings. The number of nitrogens with one attached hydrogen (secondary N) is 1. The third-order valence-corrected chi connectivity index (χ3v) is 2.08. The fourth-order valence-electron chi connectivity index (χ4n) is 1.17. The second-order valence-electron chi connectivity index (χ2n) is 3.30. The smallest absolute Gasteiger partial charge is 0.335 e. The summed E-state index contributed by atoms with van der Waals surface area (Å²) < 4.78 is 0. The van der Waals surface area contributed by atoms with Crippen LogP contribution in [0.1, 0.15) is 23.2 Å². The zero-order valence-electron chi connectivity index (χ0n) is 7.16. The van der Waals surface area contributed by atoms with E-state index in [1.54, 1.807) is 12.1 Å². The summed E-state index contributed by atoms with van der Waals surface area (Å²) in [6.45, 7) is 0. The summed E-state index contributed by atoms with van der Waals surface area (Å²) in [5, 5.41) is 11.9. The molecule has 2 rings (SSSR count). The second-order valence-corrected chi connectivity index (χ2v) is 3.30. The molecule has 1 saturated carbocycles. The highest BCUT2D eigenvalue weighted by atomic mass is 16.4. The minimum absolute atomic E-state index is 0.335. The Labute approximate surface area is 76.4 Å². The highest BCUT2D eigenvalue weighted by molar-refractivity contribution is 5.88. The molecule has 0 radical (unpaired) electrons. The molecule has 3 nitrogen and oxygen atoms in total. The Bertz CT molecular complexity index is 314. The van der Waals surface area contributed by atoms with Gasteiger partial charge in [0, 0.05) is 11.7 Å². The third kappa shape index (κ3) is 1.99. The highest BCUT2D eigenvalue weighted by Gasteiger charge is 2.20. The molecule has 3 heteroatoms. The fraction of sp³-hybridized carbons (Fsp3) is 0.300. The molecule has 0 heterocycles. The lowest BCUT2D eigenvalue weighted by molar-refractivity contribution is 0.0697. The molecule has 2 N–H and O–H groups in total. The van der Waals surface area contributed by atoms with Crippen molar-refractivity contribution >= 4 is 11.7 Å². The van der Waals surface area contributed by atoms with Gasteiger partial charge in [0.25, 0.3) is 0 Å². The van der Waals surface area contributed by atoms with Gasteiger partial charge in [0.1, 0.15) is 0 Å². The van der Waals surface area contributed by atoms with Crippen molar-refractivity contribution in [2.45, 2.75) is 18.9 Å². The van der Waals surface area contributed by atoms with Gasteiger partial charge in [-0.1, -0.05) is 0 Å². The number of benzene rings is 1. The average Bonchev–Trinajstić information content (AvgIpc) is 2.89.